The summed E-state index contributed by atoms with van der Waals surface area (Å²) in [5.74, 6) is 0.454. The number of rotatable bonds is 7. The Morgan fingerprint density at radius 3 is 0.976 bits per heavy atom. The van der Waals surface area contributed by atoms with Gasteiger partial charge in [-0.15, -0.1) is 0 Å². The van der Waals surface area contributed by atoms with E-state index in [0.717, 1.165) is 45.3 Å². The molecule has 0 radical (unpaired) electrons. The van der Waals surface area contributed by atoms with Crippen LogP contribution in [0.1, 0.15) is 0 Å². The van der Waals surface area contributed by atoms with E-state index in [1.54, 1.807) is 24.3 Å². The first-order valence-electron chi connectivity index (χ1n) is 13.1. The van der Waals surface area contributed by atoms with Crippen LogP contribution < -0.4 is 9.80 Å². The summed E-state index contributed by atoms with van der Waals surface area (Å²) in [7, 11) is 0. The molecule has 6 rings (SSSR count). The standard InChI is InChI=1S/C36H28N2O2.H2O/c39-35-15-7-13-33(25-35)37(29-9-3-1-4-10-29)31-21-17-27(18-22-31)28-19-23-32(24-20-28)38(30-11-5-2-6-12-30)34-14-8-16-36(40)26-34;/h1-26,39-40H;1H2. The van der Waals surface area contributed by atoms with E-state index in [4.69, 9.17) is 0 Å². The van der Waals surface area contributed by atoms with Gasteiger partial charge in [0, 0.05) is 46.3 Å². The summed E-state index contributed by atoms with van der Waals surface area (Å²) < 4.78 is 0. The van der Waals surface area contributed by atoms with E-state index in [1.807, 2.05) is 60.7 Å². The van der Waals surface area contributed by atoms with Gasteiger partial charge in [-0.3, -0.25) is 0 Å². The Bertz CT molecular complexity index is 1570. The summed E-state index contributed by atoms with van der Waals surface area (Å²) in [5.41, 5.74) is 7.99. The first kappa shape index (κ1) is 27.1. The highest BCUT2D eigenvalue weighted by Crippen LogP contribution is 2.38. The molecule has 0 spiro atoms. The molecule has 4 N–H and O–H groups in total. The van der Waals surface area contributed by atoms with Crippen LogP contribution in [0, 0.1) is 0 Å². The third kappa shape index (κ3) is 5.91. The molecule has 5 nitrogen and oxygen atoms in total. The normalized spacial score (nSPS) is 10.4. The highest BCUT2D eigenvalue weighted by Gasteiger charge is 2.15. The number of para-hydroxylation sites is 2. The van der Waals surface area contributed by atoms with Crippen molar-refractivity contribution in [3.63, 3.8) is 0 Å². The van der Waals surface area contributed by atoms with Gasteiger partial charge in [-0.05, 0) is 83.9 Å². The molecule has 0 heterocycles. The monoisotopic (exact) mass is 538 g/mol. The molecule has 0 amide bonds. The summed E-state index contributed by atoms with van der Waals surface area (Å²) in [6, 6.07) is 51.7. The minimum atomic E-state index is 0. The van der Waals surface area contributed by atoms with Gasteiger partial charge in [0.1, 0.15) is 11.5 Å². The fourth-order valence-corrected chi connectivity index (χ4v) is 4.92. The van der Waals surface area contributed by atoms with E-state index in [0.29, 0.717) is 0 Å². The molecule has 0 atom stereocenters. The summed E-state index contributed by atoms with van der Waals surface area (Å²) in [6.07, 6.45) is 0. The van der Waals surface area contributed by atoms with Crippen LogP contribution in [0.4, 0.5) is 34.1 Å². The number of benzene rings is 6. The van der Waals surface area contributed by atoms with Gasteiger partial charge in [0.15, 0.2) is 0 Å². The average molecular weight is 539 g/mol. The van der Waals surface area contributed by atoms with Gasteiger partial charge in [-0.1, -0.05) is 72.8 Å². The molecule has 0 aliphatic rings. The van der Waals surface area contributed by atoms with Gasteiger partial charge >= 0.3 is 0 Å². The lowest BCUT2D eigenvalue weighted by molar-refractivity contribution is 0.475. The van der Waals surface area contributed by atoms with E-state index < -0.39 is 0 Å². The largest absolute Gasteiger partial charge is 0.508 e. The van der Waals surface area contributed by atoms with Crippen LogP contribution >= 0.6 is 0 Å². The predicted octanol–water partition coefficient (Wildman–Crippen LogP) is 8.88. The van der Waals surface area contributed by atoms with Crippen LogP contribution in [0.3, 0.4) is 0 Å². The zero-order valence-electron chi connectivity index (χ0n) is 22.3. The summed E-state index contributed by atoms with van der Waals surface area (Å²) >= 11 is 0. The van der Waals surface area contributed by atoms with Crippen molar-refractivity contribution in [2.24, 2.45) is 0 Å². The average Bonchev–Trinajstić information content (AvgIpc) is 3.00. The van der Waals surface area contributed by atoms with Crippen molar-refractivity contribution >= 4 is 34.1 Å². The maximum atomic E-state index is 10.1. The lowest BCUT2D eigenvalue weighted by Gasteiger charge is -2.26. The van der Waals surface area contributed by atoms with Crippen molar-refractivity contribution in [2.75, 3.05) is 9.80 Å². The van der Waals surface area contributed by atoms with Gasteiger partial charge in [0.2, 0.25) is 0 Å². The molecule has 0 aliphatic carbocycles. The second-order valence-electron chi connectivity index (χ2n) is 9.48. The Kier molecular flexibility index (Phi) is 8.00. The number of hydrogen-bond donors (Lipinski definition) is 2. The molecular weight excluding hydrogens is 508 g/mol. The van der Waals surface area contributed by atoms with Crippen LogP contribution in [0.2, 0.25) is 0 Å². The zero-order chi connectivity index (χ0) is 27.3. The molecule has 41 heavy (non-hydrogen) atoms. The molecular formula is C36H30N2O3. The lowest BCUT2D eigenvalue weighted by Crippen LogP contribution is -2.09. The van der Waals surface area contributed by atoms with Crippen molar-refractivity contribution in [3.8, 4) is 22.6 Å². The number of nitrogens with zero attached hydrogens (tertiary/aromatic N) is 2. The van der Waals surface area contributed by atoms with Crippen LogP contribution in [0.25, 0.3) is 11.1 Å². The molecule has 6 aromatic rings. The number of anilines is 6. The predicted molar refractivity (Wildman–Crippen MR) is 168 cm³/mol. The summed E-state index contributed by atoms with van der Waals surface area (Å²) in [5, 5.41) is 20.3. The van der Waals surface area contributed by atoms with Crippen molar-refractivity contribution in [2.45, 2.75) is 0 Å². The molecule has 5 heteroatoms. The fraction of sp³-hybridized carbons (Fsp3) is 0. The van der Waals surface area contributed by atoms with Crippen molar-refractivity contribution in [1.82, 2.24) is 0 Å². The Balaban J connectivity index is 0.00000337. The number of phenols is 2. The van der Waals surface area contributed by atoms with Crippen molar-refractivity contribution in [1.29, 1.82) is 0 Å². The van der Waals surface area contributed by atoms with Gasteiger partial charge in [0.25, 0.3) is 0 Å². The highest BCUT2D eigenvalue weighted by atomic mass is 16.3. The molecule has 0 aliphatic heterocycles. The van der Waals surface area contributed by atoms with Crippen molar-refractivity contribution < 1.29 is 15.7 Å². The topological polar surface area (TPSA) is 78.4 Å². The Hall–Kier alpha value is -5.52. The summed E-state index contributed by atoms with van der Waals surface area (Å²) in [4.78, 5) is 4.25. The minimum absolute atomic E-state index is 0. The Labute approximate surface area is 239 Å². The smallest absolute Gasteiger partial charge is 0.117 e. The maximum absolute atomic E-state index is 10.1. The van der Waals surface area contributed by atoms with Gasteiger partial charge < -0.3 is 25.5 Å². The second kappa shape index (κ2) is 12.1. The van der Waals surface area contributed by atoms with E-state index >= 15 is 0 Å². The van der Waals surface area contributed by atoms with Gasteiger partial charge in [-0.2, -0.15) is 0 Å². The number of aromatic hydroxyl groups is 2. The maximum Gasteiger partial charge on any atom is 0.117 e. The fourth-order valence-electron chi connectivity index (χ4n) is 4.92. The second-order valence-corrected chi connectivity index (χ2v) is 9.48. The van der Waals surface area contributed by atoms with Gasteiger partial charge in [0.05, 0.1) is 0 Å². The molecule has 0 fully saturated rings. The van der Waals surface area contributed by atoms with E-state index in [9.17, 15) is 10.2 Å². The number of phenolic OH excluding ortho intramolecular Hbond substituents is 2. The van der Waals surface area contributed by atoms with Crippen molar-refractivity contribution in [3.05, 3.63) is 158 Å². The molecule has 0 saturated heterocycles. The molecule has 0 aromatic heterocycles. The van der Waals surface area contributed by atoms with Crippen LogP contribution in [-0.4, -0.2) is 15.7 Å². The van der Waals surface area contributed by atoms with Crippen LogP contribution in [-0.2, 0) is 0 Å². The Morgan fingerprint density at radius 2 is 0.634 bits per heavy atom. The van der Waals surface area contributed by atoms with Crippen LogP contribution in [0.15, 0.2) is 158 Å². The van der Waals surface area contributed by atoms with Crippen LogP contribution in [0.5, 0.6) is 11.5 Å². The quantitative estimate of drug-likeness (QED) is 0.213. The first-order chi connectivity index (χ1) is 19.7. The SMILES string of the molecule is O.Oc1cccc(N(c2ccccc2)c2ccc(-c3ccc(N(c4ccccc4)c4cccc(O)c4)cc3)cc2)c1. The Morgan fingerprint density at radius 1 is 0.317 bits per heavy atom. The third-order valence-electron chi connectivity index (χ3n) is 6.79. The first-order valence-corrected chi connectivity index (χ1v) is 13.1. The summed E-state index contributed by atoms with van der Waals surface area (Å²) in [6.45, 7) is 0. The third-order valence-corrected chi connectivity index (χ3v) is 6.79. The van der Waals surface area contributed by atoms with E-state index in [1.165, 1.54) is 0 Å². The van der Waals surface area contributed by atoms with E-state index in [-0.39, 0.29) is 17.0 Å². The molecule has 0 bridgehead atoms. The van der Waals surface area contributed by atoms with Gasteiger partial charge in [-0.25, -0.2) is 0 Å². The minimum Gasteiger partial charge on any atom is -0.508 e. The lowest BCUT2D eigenvalue weighted by atomic mass is 10.0. The van der Waals surface area contributed by atoms with E-state index in [2.05, 4.69) is 82.6 Å². The molecule has 202 valence electrons. The highest BCUT2D eigenvalue weighted by molar-refractivity contribution is 5.81. The zero-order valence-corrected chi connectivity index (χ0v) is 22.3. The molecule has 6 aromatic carbocycles. The molecule has 0 saturated carbocycles. The molecule has 0 unspecified atom stereocenters. The number of hydrogen-bond acceptors (Lipinski definition) is 4.